The number of carbonyl (C=O) groups is 1. The minimum atomic E-state index is -3.90. The molecule has 5 nitrogen and oxygen atoms in total. The lowest BCUT2D eigenvalue weighted by Gasteiger charge is -2.30. The summed E-state index contributed by atoms with van der Waals surface area (Å²) in [4.78, 5) is 12.4. The highest BCUT2D eigenvalue weighted by Gasteiger charge is 2.37. The summed E-state index contributed by atoms with van der Waals surface area (Å²) < 4.78 is 33.0. The smallest absolute Gasteiger partial charge is 0.324 e. The lowest BCUT2D eigenvalue weighted by molar-refractivity contribution is -0.145. The zero-order valence-electron chi connectivity index (χ0n) is 14.7. The number of unbranched alkanes of at least 4 members (excludes halogenated alkanes) is 1. The molecule has 0 heterocycles. The molecule has 0 saturated heterocycles. The van der Waals surface area contributed by atoms with Crippen LogP contribution in [-0.2, 0) is 19.6 Å². The van der Waals surface area contributed by atoms with Crippen LogP contribution in [0.1, 0.15) is 33.1 Å². The number of terminal acetylenes is 1. The molecule has 0 aliphatic heterocycles. The maximum Gasteiger partial charge on any atom is 0.324 e. The monoisotopic (exact) mass is 429 g/mol. The van der Waals surface area contributed by atoms with Crippen LogP contribution >= 0.6 is 15.9 Å². The molecule has 0 aromatic heterocycles. The maximum atomic E-state index is 13.2. The van der Waals surface area contributed by atoms with Crippen molar-refractivity contribution in [2.75, 3.05) is 13.7 Å². The van der Waals surface area contributed by atoms with E-state index in [1.165, 1.54) is 17.5 Å². The summed E-state index contributed by atoms with van der Waals surface area (Å²) in [5, 5.41) is 0. The molecule has 1 aromatic carbocycles. The van der Waals surface area contributed by atoms with Crippen LogP contribution in [0.4, 0.5) is 0 Å². The second-order valence-electron chi connectivity index (χ2n) is 6.02. The van der Waals surface area contributed by atoms with Gasteiger partial charge in [0.25, 0.3) is 0 Å². The number of nitrogens with zero attached hydrogens (tertiary/aromatic N) is 1. The van der Waals surface area contributed by atoms with Crippen molar-refractivity contribution in [2.45, 2.75) is 44.0 Å². The van der Waals surface area contributed by atoms with E-state index in [0.717, 1.165) is 0 Å². The van der Waals surface area contributed by atoms with Gasteiger partial charge in [-0.1, -0.05) is 26.0 Å². The first kappa shape index (κ1) is 21.7. The Labute approximate surface area is 158 Å². The van der Waals surface area contributed by atoms with Gasteiger partial charge in [-0.3, -0.25) is 4.79 Å². The quantitative estimate of drug-likeness (QED) is 0.342. The molecule has 0 radical (unpaired) electrons. The number of methoxy groups -OCH3 is 1. The average Bonchev–Trinajstić information content (AvgIpc) is 2.56. The fourth-order valence-corrected chi connectivity index (χ4v) is 5.07. The molecule has 1 aromatic rings. The summed E-state index contributed by atoms with van der Waals surface area (Å²) in [6, 6.07) is 5.66. The third-order valence-electron chi connectivity index (χ3n) is 3.64. The van der Waals surface area contributed by atoms with Gasteiger partial charge in [0.05, 0.1) is 12.0 Å². The van der Waals surface area contributed by atoms with Crippen molar-refractivity contribution in [1.29, 1.82) is 0 Å². The van der Waals surface area contributed by atoms with Crippen LogP contribution in [0.5, 0.6) is 0 Å². The third-order valence-corrected chi connectivity index (χ3v) is 6.56. The fourth-order valence-electron chi connectivity index (χ4n) is 2.47. The highest BCUT2D eigenvalue weighted by molar-refractivity contribution is 9.10. The number of sulfonamides is 1. The zero-order valence-corrected chi connectivity index (χ0v) is 17.1. The van der Waals surface area contributed by atoms with E-state index in [1.807, 2.05) is 13.8 Å². The number of benzene rings is 1. The van der Waals surface area contributed by atoms with Crippen molar-refractivity contribution in [3.05, 3.63) is 28.7 Å². The van der Waals surface area contributed by atoms with Crippen LogP contribution in [0.3, 0.4) is 0 Å². The second kappa shape index (κ2) is 9.95. The molecule has 25 heavy (non-hydrogen) atoms. The van der Waals surface area contributed by atoms with E-state index < -0.39 is 22.0 Å². The number of ether oxygens (including phenoxy) is 1. The van der Waals surface area contributed by atoms with E-state index in [2.05, 4.69) is 21.9 Å². The Balaban J connectivity index is 3.36. The van der Waals surface area contributed by atoms with Gasteiger partial charge in [-0.15, -0.1) is 12.3 Å². The molecule has 0 N–H and O–H groups in total. The third kappa shape index (κ3) is 5.84. The summed E-state index contributed by atoms with van der Waals surface area (Å²) in [7, 11) is -2.63. The van der Waals surface area contributed by atoms with Crippen LogP contribution in [0.15, 0.2) is 33.6 Å². The van der Waals surface area contributed by atoms with Gasteiger partial charge in [-0.25, -0.2) is 8.42 Å². The Morgan fingerprint density at radius 2 is 2.00 bits per heavy atom. The number of hydrogen-bond acceptors (Lipinski definition) is 4. The molecule has 7 heteroatoms. The Morgan fingerprint density at radius 3 is 2.52 bits per heavy atom. The number of carbonyl (C=O) groups excluding carboxylic acids is 1. The molecular weight excluding hydrogens is 406 g/mol. The first-order valence-corrected chi connectivity index (χ1v) is 10.3. The predicted octanol–water partition coefficient (Wildman–Crippen LogP) is 3.44. The van der Waals surface area contributed by atoms with Crippen molar-refractivity contribution in [3.63, 3.8) is 0 Å². The summed E-state index contributed by atoms with van der Waals surface area (Å²) in [6.07, 6.45) is 6.54. The molecule has 1 atom stereocenters. The summed E-state index contributed by atoms with van der Waals surface area (Å²) in [5.41, 5.74) is 0. The lowest BCUT2D eigenvalue weighted by atomic mass is 10.0. The normalized spacial score (nSPS) is 12.8. The van der Waals surface area contributed by atoms with Crippen LogP contribution in [0.25, 0.3) is 0 Å². The lowest BCUT2D eigenvalue weighted by Crippen LogP contribution is -2.46. The molecule has 0 aliphatic rings. The van der Waals surface area contributed by atoms with Gasteiger partial charge < -0.3 is 4.74 Å². The van der Waals surface area contributed by atoms with Crippen molar-refractivity contribution >= 4 is 31.9 Å². The molecule has 0 unspecified atom stereocenters. The van der Waals surface area contributed by atoms with E-state index in [-0.39, 0.29) is 17.4 Å². The van der Waals surface area contributed by atoms with Gasteiger partial charge in [-0.05, 0) is 46.8 Å². The number of hydrogen-bond donors (Lipinski definition) is 0. The summed E-state index contributed by atoms with van der Waals surface area (Å²) in [5.74, 6) is 2.06. The Morgan fingerprint density at radius 1 is 1.36 bits per heavy atom. The zero-order chi connectivity index (χ0) is 19.0. The molecule has 0 saturated carbocycles. The first-order chi connectivity index (χ1) is 11.8. The Hall–Kier alpha value is -1.36. The van der Waals surface area contributed by atoms with Gasteiger partial charge in [0.1, 0.15) is 6.04 Å². The van der Waals surface area contributed by atoms with Crippen molar-refractivity contribution in [1.82, 2.24) is 4.31 Å². The molecule has 138 valence electrons. The van der Waals surface area contributed by atoms with Crippen LogP contribution in [0, 0.1) is 18.3 Å². The standard InChI is InChI=1S/C18H24BrNO4S/c1-5-6-9-12-20(16(13-14(2)3)18(21)24-4)25(22,23)17-11-8-7-10-15(17)19/h1,7-8,10-11,14,16H,6,9,12-13H2,2-4H3/t16-/m0/s1. The van der Waals surface area contributed by atoms with Crippen LogP contribution in [0.2, 0.25) is 0 Å². The van der Waals surface area contributed by atoms with E-state index in [0.29, 0.717) is 23.7 Å². The molecule has 0 spiro atoms. The van der Waals surface area contributed by atoms with Crippen molar-refractivity contribution in [2.24, 2.45) is 5.92 Å². The molecule has 0 bridgehead atoms. The molecular formula is C18H24BrNO4S. The van der Waals surface area contributed by atoms with E-state index >= 15 is 0 Å². The minimum absolute atomic E-state index is 0.119. The number of halogens is 1. The molecule has 0 aliphatic carbocycles. The van der Waals surface area contributed by atoms with Crippen LogP contribution in [-0.4, -0.2) is 38.4 Å². The van der Waals surface area contributed by atoms with Gasteiger partial charge >= 0.3 is 5.97 Å². The SMILES string of the molecule is C#CCCCN([C@@H](CC(C)C)C(=O)OC)S(=O)(=O)c1ccccc1Br. The van der Waals surface area contributed by atoms with Gasteiger partial charge in [-0.2, -0.15) is 4.31 Å². The molecule has 0 fully saturated rings. The van der Waals surface area contributed by atoms with Gasteiger partial charge in [0, 0.05) is 17.4 Å². The van der Waals surface area contributed by atoms with E-state index in [1.54, 1.807) is 18.2 Å². The summed E-state index contributed by atoms with van der Waals surface area (Å²) in [6.45, 7) is 4.02. The largest absolute Gasteiger partial charge is 0.468 e. The Kier molecular flexibility index (Phi) is 8.63. The highest BCUT2D eigenvalue weighted by atomic mass is 79.9. The average molecular weight is 430 g/mol. The topological polar surface area (TPSA) is 63.7 Å². The number of rotatable bonds is 9. The van der Waals surface area contributed by atoms with E-state index in [9.17, 15) is 13.2 Å². The first-order valence-electron chi connectivity index (χ1n) is 8.03. The van der Waals surface area contributed by atoms with Crippen LogP contribution < -0.4 is 0 Å². The molecule has 1 rings (SSSR count). The van der Waals surface area contributed by atoms with E-state index in [4.69, 9.17) is 11.2 Å². The maximum absolute atomic E-state index is 13.2. The number of esters is 1. The van der Waals surface area contributed by atoms with Crippen molar-refractivity contribution in [3.8, 4) is 12.3 Å². The fraction of sp³-hybridized carbons (Fsp3) is 0.500. The van der Waals surface area contributed by atoms with Gasteiger partial charge in [0.15, 0.2) is 0 Å². The minimum Gasteiger partial charge on any atom is -0.468 e. The molecule has 0 amide bonds. The summed E-state index contributed by atoms with van der Waals surface area (Å²) >= 11 is 3.28. The second-order valence-corrected chi connectivity index (χ2v) is 8.74. The van der Waals surface area contributed by atoms with Gasteiger partial charge in [0.2, 0.25) is 10.0 Å². The Bertz CT molecular complexity index is 725. The predicted molar refractivity (Wildman–Crippen MR) is 101 cm³/mol. The highest BCUT2D eigenvalue weighted by Crippen LogP contribution is 2.28. The van der Waals surface area contributed by atoms with Crippen molar-refractivity contribution < 1.29 is 17.9 Å².